The Morgan fingerprint density at radius 2 is 1.60 bits per heavy atom. The number of amides is 1. The SMILES string of the molecule is CCOCCN(C(=O)Cc1ccc(-c2ccc(F)c(F)c2)cc1)C(C)c1nc2ccccc2c(=O)n1-c1ccc(OCC)cc1. The lowest BCUT2D eigenvalue weighted by Gasteiger charge is -2.30. The number of fused-ring (bicyclic) bond motifs is 1. The maximum Gasteiger partial charge on any atom is 0.266 e. The molecular formula is C36H35F2N3O4. The van der Waals surface area contributed by atoms with Gasteiger partial charge in [-0.25, -0.2) is 13.8 Å². The molecule has 0 spiro atoms. The van der Waals surface area contributed by atoms with Gasteiger partial charge in [-0.2, -0.15) is 0 Å². The van der Waals surface area contributed by atoms with Crippen molar-refractivity contribution in [2.24, 2.45) is 0 Å². The number of carbonyl (C=O) groups excluding carboxylic acids is 1. The molecule has 0 fully saturated rings. The largest absolute Gasteiger partial charge is 0.494 e. The lowest BCUT2D eigenvalue weighted by atomic mass is 10.0. The molecular weight excluding hydrogens is 576 g/mol. The molecule has 9 heteroatoms. The van der Waals surface area contributed by atoms with Crippen LogP contribution in [0.3, 0.4) is 0 Å². The van der Waals surface area contributed by atoms with E-state index in [1.807, 2.05) is 26.8 Å². The molecule has 232 valence electrons. The molecule has 0 aliphatic carbocycles. The second-order valence-electron chi connectivity index (χ2n) is 10.5. The lowest BCUT2D eigenvalue weighted by molar-refractivity contribution is -0.133. The number of hydrogen-bond donors (Lipinski definition) is 0. The molecule has 1 atom stereocenters. The number of rotatable bonds is 12. The van der Waals surface area contributed by atoms with Crippen LogP contribution in [0.25, 0.3) is 27.7 Å². The van der Waals surface area contributed by atoms with Gasteiger partial charge in [-0.05, 0) is 86.0 Å². The molecule has 0 radical (unpaired) electrons. The first-order valence-corrected chi connectivity index (χ1v) is 15.0. The van der Waals surface area contributed by atoms with Crippen molar-refractivity contribution in [2.75, 3.05) is 26.4 Å². The number of carbonyl (C=O) groups is 1. The number of benzene rings is 4. The first-order valence-electron chi connectivity index (χ1n) is 15.0. The van der Waals surface area contributed by atoms with Crippen molar-refractivity contribution in [3.8, 4) is 22.6 Å². The summed E-state index contributed by atoms with van der Waals surface area (Å²) in [6, 6.07) is 24.7. The van der Waals surface area contributed by atoms with Gasteiger partial charge in [0, 0.05) is 13.2 Å². The second-order valence-corrected chi connectivity index (χ2v) is 10.5. The fourth-order valence-corrected chi connectivity index (χ4v) is 5.29. The summed E-state index contributed by atoms with van der Waals surface area (Å²) in [5, 5.41) is 0.468. The van der Waals surface area contributed by atoms with Crippen molar-refractivity contribution in [3.05, 3.63) is 124 Å². The third kappa shape index (κ3) is 7.10. The number of nitrogens with zero attached hydrogens (tertiary/aromatic N) is 3. The van der Waals surface area contributed by atoms with Crippen molar-refractivity contribution in [3.63, 3.8) is 0 Å². The molecule has 1 aromatic heterocycles. The minimum absolute atomic E-state index is 0.0788. The number of para-hydroxylation sites is 1. The third-order valence-electron chi connectivity index (χ3n) is 7.61. The van der Waals surface area contributed by atoms with Gasteiger partial charge in [0.2, 0.25) is 5.91 Å². The van der Waals surface area contributed by atoms with Gasteiger partial charge in [0.1, 0.15) is 11.6 Å². The van der Waals surface area contributed by atoms with Gasteiger partial charge in [-0.15, -0.1) is 0 Å². The highest BCUT2D eigenvalue weighted by molar-refractivity contribution is 5.80. The third-order valence-corrected chi connectivity index (χ3v) is 7.61. The smallest absolute Gasteiger partial charge is 0.266 e. The summed E-state index contributed by atoms with van der Waals surface area (Å²) in [5.74, 6) is -0.903. The topological polar surface area (TPSA) is 73.7 Å². The monoisotopic (exact) mass is 611 g/mol. The van der Waals surface area contributed by atoms with E-state index in [2.05, 4.69) is 0 Å². The second kappa shape index (κ2) is 14.3. The van der Waals surface area contributed by atoms with E-state index in [1.54, 1.807) is 76.2 Å². The fraction of sp³-hybridized carbons (Fsp3) is 0.250. The van der Waals surface area contributed by atoms with Crippen molar-refractivity contribution in [1.82, 2.24) is 14.5 Å². The summed E-state index contributed by atoms with van der Waals surface area (Å²) in [5.41, 5.74) is 2.89. The summed E-state index contributed by atoms with van der Waals surface area (Å²) < 4.78 is 40.0. The molecule has 0 aliphatic heterocycles. The minimum Gasteiger partial charge on any atom is -0.494 e. The zero-order valence-corrected chi connectivity index (χ0v) is 25.5. The quantitative estimate of drug-likeness (QED) is 0.144. The van der Waals surface area contributed by atoms with Crippen molar-refractivity contribution in [2.45, 2.75) is 33.2 Å². The summed E-state index contributed by atoms with van der Waals surface area (Å²) in [6.07, 6.45) is 0.0788. The van der Waals surface area contributed by atoms with Gasteiger partial charge in [-0.3, -0.25) is 14.2 Å². The average Bonchev–Trinajstić information content (AvgIpc) is 3.05. The van der Waals surface area contributed by atoms with E-state index in [1.165, 1.54) is 6.07 Å². The Morgan fingerprint density at radius 3 is 2.29 bits per heavy atom. The highest BCUT2D eigenvalue weighted by atomic mass is 19.2. The molecule has 5 rings (SSSR count). The predicted molar refractivity (Wildman–Crippen MR) is 171 cm³/mol. The standard InChI is InChI=1S/C36H35F2N3O4/c1-4-44-21-20-40(34(42)22-25-10-12-26(13-11-25)27-14-19-31(37)32(38)23-27)24(3)35-39-33-9-7-6-8-30(33)36(43)41(35)28-15-17-29(18-16-28)45-5-2/h6-19,23-24H,4-5,20-22H2,1-3H3. The van der Waals surface area contributed by atoms with Gasteiger partial charge in [0.15, 0.2) is 11.6 Å². The van der Waals surface area contributed by atoms with E-state index in [-0.39, 0.29) is 24.4 Å². The Balaban J connectivity index is 1.49. The lowest BCUT2D eigenvalue weighted by Crippen LogP contribution is -2.40. The van der Waals surface area contributed by atoms with Gasteiger partial charge >= 0.3 is 0 Å². The highest BCUT2D eigenvalue weighted by Gasteiger charge is 2.27. The number of ether oxygens (including phenoxy) is 2. The maximum absolute atomic E-state index is 13.9. The van der Waals surface area contributed by atoms with Crippen LogP contribution < -0.4 is 10.3 Å². The maximum atomic E-state index is 13.9. The fourth-order valence-electron chi connectivity index (χ4n) is 5.29. The molecule has 5 aromatic rings. The van der Waals surface area contributed by atoms with E-state index in [9.17, 15) is 18.4 Å². The van der Waals surface area contributed by atoms with Crippen LogP contribution in [0.2, 0.25) is 0 Å². The molecule has 4 aromatic carbocycles. The number of aromatic nitrogens is 2. The molecule has 0 saturated heterocycles. The van der Waals surface area contributed by atoms with E-state index >= 15 is 0 Å². The molecule has 0 bridgehead atoms. The Hall–Kier alpha value is -4.89. The number of halogens is 2. The Bertz CT molecular complexity index is 1840. The molecule has 1 amide bonds. The van der Waals surface area contributed by atoms with Crippen molar-refractivity contribution in [1.29, 1.82) is 0 Å². The van der Waals surface area contributed by atoms with E-state index in [4.69, 9.17) is 14.5 Å². The van der Waals surface area contributed by atoms with Crippen LogP contribution in [-0.4, -0.2) is 46.7 Å². The average molecular weight is 612 g/mol. The van der Waals surface area contributed by atoms with Crippen LogP contribution in [0.1, 0.15) is 38.2 Å². The Morgan fingerprint density at radius 1 is 0.889 bits per heavy atom. The van der Waals surface area contributed by atoms with E-state index in [0.717, 1.165) is 17.7 Å². The van der Waals surface area contributed by atoms with Crippen LogP contribution in [0.15, 0.2) is 95.8 Å². The first-order chi connectivity index (χ1) is 21.8. The summed E-state index contributed by atoms with van der Waals surface area (Å²) in [4.78, 5) is 34.4. The normalized spacial score (nSPS) is 11.8. The van der Waals surface area contributed by atoms with Crippen LogP contribution in [0.5, 0.6) is 5.75 Å². The zero-order valence-electron chi connectivity index (χ0n) is 25.5. The Kier molecular flexibility index (Phi) is 9.99. The van der Waals surface area contributed by atoms with Gasteiger partial charge in [0.05, 0.1) is 42.3 Å². The Labute approximate surface area is 260 Å². The zero-order chi connectivity index (χ0) is 31.9. The van der Waals surface area contributed by atoms with Gasteiger partial charge in [-0.1, -0.05) is 42.5 Å². The van der Waals surface area contributed by atoms with Crippen molar-refractivity contribution >= 4 is 16.8 Å². The first kappa shape index (κ1) is 31.5. The molecule has 45 heavy (non-hydrogen) atoms. The molecule has 0 saturated carbocycles. The predicted octanol–water partition coefficient (Wildman–Crippen LogP) is 6.90. The summed E-state index contributed by atoms with van der Waals surface area (Å²) in [7, 11) is 0. The molecule has 0 N–H and O–H groups in total. The van der Waals surface area contributed by atoms with Crippen LogP contribution in [0.4, 0.5) is 8.78 Å². The van der Waals surface area contributed by atoms with Gasteiger partial charge in [0.25, 0.3) is 5.56 Å². The molecule has 0 aliphatic rings. The number of hydrogen-bond acceptors (Lipinski definition) is 5. The molecule has 1 heterocycles. The van der Waals surface area contributed by atoms with E-state index in [0.29, 0.717) is 59.1 Å². The van der Waals surface area contributed by atoms with Crippen LogP contribution >= 0.6 is 0 Å². The summed E-state index contributed by atoms with van der Waals surface area (Å²) in [6.45, 7) is 7.25. The van der Waals surface area contributed by atoms with Gasteiger partial charge < -0.3 is 14.4 Å². The molecule has 7 nitrogen and oxygen atoms in total. The molecule has 1 unspecified atom stereocenters. The van der Waals surface area contributed by atoms with Crippen LogP contribution in [-0.2, 0) is 16.0 Å². The summed E-state index contributed by atoms with van der Waals surface area (Å²) >= 11 is 0. The minimum atomic E-state index is -0.920. The van der Waals surface area contributed by atoms with Crippen molar-refractivity contribution < 1.29 is 23.0 Å². The van der Waals surface area contributed by atoms with E-state index < -0.39 is 17.7 Å². The van der Waals surface area contributed by atoms with Crippen LogP contribution in [0, 0.1) is 11.6 Å². The highest BCUT2D eigenvalue weighted by Crippen LogP contribution is 2.26.